The summed E-state index contributed by atoms with van der Waals surface area (Å²) in [4.78, 5) is 34.2. The number of likely N-dealkylation sites (N-methyl/N-ethyl adjacent to an activating group) is 1. The monoisotopic (exact) mass is 536 g/mol. The van der Waals surface area contributed by atoms with Crippen molar-refractivity contribution in [1.82, 2.24) is 24.4 Å². The third kappa shape index (κ3) is 5.41. The van der Waals surface area contributed by atoms with Gasteiger partial charge in [0.2, 0.25) is 0 Å². The second kappa shape index (κ2) is 11.5. The molecule has 0 atom stereocenters. The van der Waals surface area contributed by atoms with Crippen molar-refractivity contribution < 1.29 is 19.1 Å². The van der Waals surface area contributed by atoms with Crippen molar-refractivity contribution in [2.24, 2.45) is 0 Å². The van der Waals surface area contributed by atoms with E-state index in [1.807, 2.05) is 29.2 Å². The maximum Gasteiger partial charge on any atom is 0.276 e. The molecule has 0 aliphatic carbocycles. The van der Waals surface area contributed by atoms with Gasteiger partial charge in [0.05, 0.1) is 19.9 Å². The van der Waals surface area contributed by atoms with Crippen molar-refractivity contribution in [1.29, 1.82) is 0 Å². The summed E-state index contributed by atoms with van der Waals surface area (Å²) in [6, 6.07) is 15.9. The molecule has 198 valence electrons. The summed E-state index contributed by atoms with van der Waals surface area (Å²) in [6.45, 7) is 3.14. The smallest absolute Gasteiger partial charge is 0.276 e. The zero-order valence-electron chi connectivity index (χ0n) is 21.4. The number of ether oxygens (including phenoxy) is 2. The molecule has 2 aromatic heterocycles. The number of fused-ring (bicyclic) bond motifs is 1. The summed E-state index contributed by atoms with van der Waals surface area (Å²) < 4.78 is 12.4. The fourth-order valence-electron chi connectivity index (χ4n) is 4.30. The first-order valence-electron chi connectivity index (χ1n) is 11.9. The molecule has 4 aromatic rings. The van der Waals surface area contributed by atoms with Crippen molar-refractivity contribution in [3.05, 3.63) is 72.1 Å². The van der Waals surface area contributed by atoms with Gasteiger partial charge in [-0.3, -0.25) is 9.59 Å². The zero-order valence-corrected chi connectivity index (χ0v) is 22.2. The van der Waals surface area contributed by atoms with Crippen LogP contribution in [0.3, 0.4) is 0 Å². The maximum absolute atomic E-state index is 13.0. The third-order valence-corrected chi connectivity index (χ3v) is 6.45. The van der Waals surface area contributed by atoms with Crippen LogP contribution >= 0.6 is 12.4 Å². The number of nitrogens with one attached hydrogen (secondary N) is 1. The molecule has 0 saturated carbocycles. The number of halogens is 1. The summed E-state index contributed by atoms with van der Waals surface area (Å²) in [5, 5.41) is 7.35. The van der Waals surface area contributed by atoms with Crippen LogP contribution in [0.1, 0.15) is 20.8 Å². The number of hydrogen-bond donors (Lipinski definition) is 1. The predicted octanol–water partition coefficient (Wildman–Crippen LogP) is 3.48. The standard InChI is InChI=1S/C27H28N6O4.ClH/c1-31-12-14-32(15-13-31)27(35)18-4-7-20(8-5-18)29-26(34)21-17-25-28-11-10-22(33(25)30-21)19-6-9-23(36-2)24(16-19)37-3;/h4-11,16-17H,12-15H2,1-3H3,(H,29,34);1H. The Labute approximate surface area is 226 Å². The first-order chi connectivity index (χ1) is 18.0. The van der Waals surface area contributed by atoms with Gasteiger partial charge in [-0.25, -0.2) is 9.50 Å². The SMILES string of the molecule is COc1ccc(-c2ccnc3cc(C(=O)Nc4ccc(C(=O)N5CCN(C)CC5)cc4)nn23)cc1OC.Cl. The first-order valence-corrected chi connectivity index (χ1v) is 11.9. The van der Waals surface area contributed by atoms with Crippen LogP contribution in [0, 0.1) is 0 Å². The molecule has 2 amide bonds. The lowest BCUT2D eigenvalue weighted by Gasteiger charge is -2.32. The van der Waals surface area contributed by atoms with Gasteiger partial charge in [0.25, 0.3) is 11.8 Å². The molecule has 3 heterocycles. The van der Waals surface area contributed by atoms with E-state index in [9.17, 15) is 9.59 Å². The van der Waals surface area contributed by atoms with Crippen molar-refractivity contribution >= 4 is 35.6 Å². The molecule has 1 saturated heterocycles. The number of carbonyl (C=O) groups is 2. The van der Waals surface area contributed by atoms with Crippen LogP contribution < -0.4 is 14.8 Å². The van der Waals surface area contributed by atoms with Gasteiger partial charge < -0.3 is 24.6 Å². The summed E-state index contributed by atoms with van der Waals surface area (Å²) in [5.74, 6) is 0.833. The quantitative estimate of drug-likeness (QED) is 0.402. The van der Waals surface area contributed by atoms with Gasteiger partial charge in [0.1, 0.15) is 0 Å². The Balaban J connectivity index is 0.00000336. The number of aromatic nitrogens is 3. The molecule has 2 aromatic carbocycles. The average Bonchev–Trinajstić information content (AvgIpc) is 3.38. The lowest BCUT2D eigenvalue weighted by atomic mass is 10.1. The number of rotatable bonds is 6. The van der Waals surface area contributed by atoms with E-state index in [2.05, 4.69) is 27.3 Å². The number of amides is 2. The molecule has 1 fully saturated rings. The molecule has 5 rings (SSSR count). The van der Waals surface area contributed by atoms with E-state index in [-0.39, 0.29) is 29.9 Å². The Hall–Kier alpha value is -4.15. The van der Waals surface area contributed by atoms with Crippen LogP contribution in [0.5, 0.6) is 11.5 Å². The molecular formula is C27H29ClN6O4. The molecule has 0 unspecified atom stereocenters. The molecule has 1 aliphatic rings. The van der Waals surface area contributed by atoms with Gasteiger partial charge in [-0.2, -0.15) is 5.10 Å². The molecule has 0 bridgehead atoms. The highest BCUT2D eigenvalue weighted by Crippen LogP contribution is 2.32. The summed E-state index contributed by atoms with van der Waals surface area (Å²) in [7, 11) is 5.21. The minimum absolute atomic E-state index is 0. The van der Waals surface area contributed by atoms with Crippen LogP contribution in [0.2, 0.25) is 0 Å². The minimum Gasteiger partial charge on any atom is -0.493 e. The van der Waals surface area contributed by atoms with Gasteiger partial charge in [-0.1, -0.05) is 0 Å². The van der Waals surface area contributed by atoms with Crippen molar-refractivity contribution in [3.8, 4) is 22.8 Å². The van der Waals surface area contributed by atoms with Crippen LogP contribution in [0.4, 0.5) is 5.69 Å². The normalized spacial score (nSPS) is 13.6. The third-order valence-electron chi connectivity index (χ3n) is 6.45. The maximum atomic E-state index is 13.0. The van der Waals surface area contributed by atoms with Gasteiger partial charge in [-0.05, 0) is 55.6 Å². The number of nitrogens with zero attached hydrogens (tertiary/aromatic N) is 5. The van der Waals surface area contributed by atoms with Crippen molar-refractivity contribution in [3.63, 3.8) is 0 Å². The second-order valence-corrected chi connectivity index (χ2v) is 8.83. The lowest BCUT2D eigenvalue weighted by molar-refractivity contribution is 0.0664. The topological polar surface area (TPSA) is 101 Å². The van der Waals surface area contributed by atoms with Crippen molar-refractivity contribution in [2.75, 3.05) is 52.8 Å². The number of anilines is 1. The van der Waals surface area contributed by atoms with E-state index in [0.717, 1.165) is 24.3 Å². The highest BCUT2D eigenvalue weighted by atomic mass is 35.5. The summed E-state index contributed by atoms with van der Waals surface area (Å²) in [5.41, 5.74) is 3.50. The molecule has 0 radical (unpaired) electrons. The second-order valence-electron chi connectivity index (χ2n) is 8.83. The molecule has 0 spiro atoms. The Bertz CT molecular complexity index is 1450. The van der Waals surface area contributed by atoms with E-state index in [0.29, 0.717) is 41.5 Å². The number of piperazine rings is 1. The molecular weight excluding hydrogens is 508 g/mol. The molecule has 38 heavy (non-hydrogen) atoms. The van der Waals surface area contributed by atoms with Gasteiger partial charge in [-0.15, -0.1) is 12.4 Å². The average molecular weight is 537 g/mol. The Morgan fingerprint density at radius 1 is 0.895 bits per heavy atom. The van der Waals surface area contributed by atoms with Gasteiger partial charge in [0, 0.05) is 55.3 Å². The highest BCUT2D eigenvalue weighted by Gasteiger charge is 2.21. The van der Waals surface area contributed by atoms with Crippen LogP contribution in [-0.2, 0) is 0 Å². The predicted molar refractivity (Wildman–Crippen MR) is 147 cm³/mol. The van der Waals surface area contributed by atoms with Gasteiger partial charge >= 0.3 is 0 Å². The van der Waals surface area contributed by atoms with Crippen LogP contribution in [0.15, 0.2) is 60.8 Å². The largest absolute Gasteiger partial charge is 0.493 e. The van der Waals surface area contributed by atoms with Crippen LogP contribution in [-0.4, -0.2) is 83.7 Å². The van der Waals surface area contributed by atoms with E-state index in [1.54, 1.807) is 55.3 Å². The minimum atomic E-state index is -0.373. The van der Waals surface area contributed by atoms with E-state index in [4.69, 9.17) is 9.47 Å². The number of benzene rings is 2. The Morgan fingerprint density at radius 2 is 1.61 bits per heavy atom. The Kier molecular flexibility index (Phi) is 8.13. The number of hydrogen-bond acceptors (Lipinski definition) is 7. The fraction of sp³-hybridized carbons (Fsp3) is 0.259. The summed E-state index contributed by atoms with van der Waals surface area (Å²) in [6.07, 6.45) is 1.67. The van der Waals surface area contributed by atoms with E-state index >= 15 is 0 Å². The van der Waals surface area contributed by atoms with Gasteiger partial charge in [0.15, 0.2) is 22.8 Å². The molecule has 1 N–H and O–H groups in total. The molecule has 10 nitrogen and oxygen atoms in total. The molecule has 11 heteroatoms. The number of carbonyl (C=O) groups excluding carboxylic acids is 2. The zero-order chi connectivity index (χ0) is 25.9. The highest BCUT2D eigenvalue weighted by molar-refractivity contribution is 6.04. The Morgan fingerprint density at radius 3 is 2.29 bits per heavy atom. The first kappa shape index (κ1) is 26.9. The van der Waals surface area contributed by atoms with Crippen molar-refractivity contribution in [2.45, 2.75) is 0 Å². The number of methoxy groups -OCH3 is 2. The fourth-order valence-corrected chi connectivity index (χ4v) is 4.30. The van der Waals surface area contributed by atoms with E-state index in [1.165, 1.54) is 0 Å². The lowest BCUT2D eigenvalue weighted by Crippen LogP contribution is -2.47. The molecule has 1 aliphatic heterocycles. The van der Waals surface area contributed by atoms with E-state index < -0.39 is 0 Å². The van der Waals surface area contributed by atoms with Crippen LogP contribution in [0.25, 0.3) is 16.9 Å². The summed E-state index contributed by atoms with van der Waals surface area (Å²) >= 11 is 0.